The summed E-state index contributed by atoms with van der Waals surface area (Å²) >= 11 is 1.55. The molecule has 0 unspecified atom stereocenters. The number of benzene rings is 1. The Labute approximate surface area is 153 Å². The maximum absolute atomic E-state index is 12.4. The van der Waals surface area contributed by atoms with Crippen LogP contribution in [0.2, 0.25) is 0 Å². The molecular weight excluding hydrogens is 354 g/mol. The number of carbonyl (C=O) groups excluding carboxylic acids is 1. The Morgan fingerprint density at radius 2 is 2.12 bits per heavy atom. The number of thiophene rings is 1. The summed E-state index contributed by atoms with van der Waals surface area (Å²) in [5.74, 6) is -0.828. The minimum atomic E-state index is -0.696. The van der Waals surface area contributed by atoms with E-state index < -0.39 is 10.9 Å². The number of amides is 1. The highest BCUT2D eigenvalue weighted by atomic mass is 32.1. The van der Waals surface area contributed by atoms with Crippen LogP contribution in [0.5, 0.6) is 0 Å². The zero-order valence-corrected chi connectivity index (χ0v) is 14.8. The summed E-state index contributed by atoms with van der Waals surface area (Å²) in [6.45, 7) is 1.95. The molecule has 0 radical (unpaired) electrons. The van der Waals surface area contributed by atoms with Gasteiger partial charge in [0.25, 0.3) is 0 Å². The van der Waals surface area contributed by atoms with Crippen molar-refractivity contribution < 1.29 is 9.72 Å². The summed E-state index contributed by atoms with van der Waals surface area (Å²) in [6.07, 6.45) is 2.12. The number of nitro groups is 1. The number of hydrogen-bond donors (Lipinski definition) is 1. The second-order valence-corrected chi connectivity index (χ2v) is 6.59. The van der Waals surface area contributed by atoms with Crippen molar-refractivity contribution in [1.82, 2.24) is 20.1 Å². The number of hydrogen-bond acceptors (Lipinski definition) is 6. The molecule has 3 aromatic rings. The third-order valence-corrected chi connectivity index (χ3v) is 4.78. The molecule has 0 fully saturated rings. The van der Waals surface area contributed by atoms with E-state index in [0.717, 1.165) is 21.5 Å². The van der Waals surface area contributed by atoms with Crippen molar-refractivity contribution in [1.29, 1.82) is 0 Å². The largest absolute Gasteiger partial charge is 0.490 e. The Balaban J connectivity index is 1.76. The van der Waals surface area contributed by atoms with Crippen LogP contribution in [0.3, 0.4) is 0 Å². The molecule has 0 aliphatic rings. The van der Waals surface area contributed by atoms with E-state index in [1.54, 1.807) is 11.3 Å². The molecule has 2 heterocycles. The molecule has 0 spiro atoms. The number of rotatable bonds is 7. The number of nitrogens with zero attached hydrogens (tertiary/aromatic N) is 4. The van der Waals surface area contributed by atoms with Gasteiger partial charge in [0.05, 0.1) is 6.04 Å². The fourth-order valence-corrected chi connectivity index (χ4v) is 3.32. The lowest BCUT2D eigenvalue weighted by Gasteiger charge is -2.18. The van der Waals surface area contributed by atoms with Crippen LogP contribution in [0.15, 0.2) is 48.1 Å². The van der Waals surface area contributed by atoms with E-state index in [2.05, 4.69) is 22.3 Å². The van der Waals surface area contributed by atoms with Gasteiger partial charge in [0.1, 0.15) is 6.54 Å². The molecule has 8 nitrogen and oxygen atoms in total. The van der Waals surface area contributed by atoms with Gasteiger partial charge in [-0.3, -0.25) is 4.79 Å². The van der Waals surface area contributed by atoms with Crippen LogP contribution in [-0.4, -0.2) is 25.6 Å². The topological polar surface area (TPSA) is 103 Å². The first-order chi connectivity index (χ1) is 12.6. The third-order valence-electron chi connectivity index (χ3n) is 3.85. The van der Waals surface area contributed by atoms with Gasteiger partial charge in [-0.15, -0.1) is 11.3 Å². The van der Waals surface area contributed by atoms with Crippen LogP contribution >= 0.6 is 11.3 Å². The molecular formula is C17H17N5O3S. The summed E-state index contributed by atoms with van der Waals surface area (Å²) < 4.78 is 1.15. The molecule has 0 bridgehead atoms. The van der Waals surface area contributed by atoms with Crippen molar-refractivity contribution in [2.75, 3.05) is 0 Å². The Morgan fingerprint density at radius 1 is 1.35 bits per heavy atom. The molecule has 9 heteroatoms. The average molecular weight is 371 g/mol. The van der Waals surface area contributed by atoms with E-state index in [9.17, 15) is 14.9 Å². The Bertz CT molecular complexity index is 890. The smallest absolute Gasteiger partial charge is 0.390 e. The Morgan fingerprint density at radius 3 is 2.69 bits per heavy atom. The minimum Gasteiger partial charge on any atom is -0.390 e. The second-order valence-electron chi connectivity index (χ2n) is 5.61. The predicted molar refractivity (Wildman–Crippen MR) is 96.8 cm³/mol. The van der Waals surface area contributed by atoms with Crippen LogP contribution < -0.4 is 5.32 Å². The second kappa shape index (κ2) is 7.87. The number of aromatic nitrogens is 3. The highest BCUT2D eigenvalue weighted by Gasteiger charge is 2.20. The molecule has 1 aromatic carbocycles. The quantitative estimate of drug-likeness (QED) is 0.508. The van der Waals surface area contributed by atoms with Crippen molar-refractivity contribution in [2.45, 2.75) is 25.9 Å². The highest BCUT2D eigenvalue weighted by molar-refractivity contribution is 7.10. The van der Waals surface area contributed by atoms with Crippen molar-refractivity contribution in [2.24, 2.45) is 0 Å². The third kappa shape index (κ3) is 4.12. The Kier molecular flexibility index (Phi) is 5.37. The molecule has 1 amide bonds. The van der Waals surface area contributed by atoms with E-state index in [1.165, 1.54) is 11.9 Å². The van der Waals surface area contributed by atoms with Gasteiger partial charge in [-0.1, -0.05) is 42.2 Å². The Hall–Kier alpha value is -3.07. The van der Waals surface area contributed by atoms with Crippen LogP contribution in [0.4, 0.5) is 5.95 Å². The van der Waals surface area contributed by atoms with Gasteiger partial charge >= 0.3 is 5.95 Å². The van der Waals surface area contributed by atoms with Gasteiger partial charge in [-0.2, -0.15) is 4.68 Å². The summed E-state index contributed by atoms with van der Waals surface area (Å²) in [5, 5.41) is 19.2. The van der Waals surface area contributed by atoms with Gasteiger partial charge in [-0.05, 0) is 33.9 Å². The predicted octanol–water partition coefficient (Wildman–Crippen LogP) is 2.72. The van der Waals surface area contributed by atoms with Crippen LogP contribution in [0.1, 0.15) is 29.0 Å². The molecule has 1 N–H and O–H groups in total. The number of carbonyl (C=O) groups is 1. The van der Waals surface area contributed by atoms with Crippen molar-refractivity contribution in [3.63, 3.8) is 0 Å². The molecule has 0 saturated carbocycles. The molecule has 3 rings (SSSR count). The van der Waals surface area contributed by atoms with Crippen molar-refractivity contribution >= 4 is 23.2 Å². The molecule has 26 heavy (non-hydrogen) atoms. The van der Waals surface area contributed by atoms with Crippen molar-refractivity contribution in [3.05, 3.63) is 74.2 Å². The van der Waals surface area contributed by atoms with Crippen LogP contribution in [-0.2, 0) is 17.8 Å². The lowest BCUT2D eigenvalue weighted by Crippen LogP contribution is -2.32. The summed E-state index contributed by atoms with van der Waals surface area (Å²) in [4.78, 5) is 26.9. The van der Waals surface area contributed by atoms with Gasteiger partial charge in [0, 0.05) is 9.98 Å². The zero-order chi connectivity index (χ0) is 18.5. The molecule has 0 aliphatic heterocycles. The fourth-order valence-electron chi connectivity index (χ4n) is 2.52. The molecule has 0 saturated heterocycles. The first-order valence-electron chi connectivity index (χ1n) is 8.02. The molecule has 134 valence electrons. The summed E-state index contributed by atoms with van der Waals surface area (Å²) in [5.41, 5.74) is 2.20. The summed E-state index contributed by atoms with van der Waals surface area (Å²) in [7, 11) is 0. The molecule has 1 atom stereocenters. The number of nitrogens with one attached hydrogen (secondary N) is 1. The molecule has 2 aromatic heterocycles. The highest BCUT2D eigenvalue weighted by Crippen LogP contribution is 2.26. The van der Waals surface area contributed by atoms with E-state index in [0.29, 0.717) is 0 Å². The average Bonchev–Trinajstić information content (AvgIpc) is 3.32. The first-order valence-corrected chi connectivity index (χ1v) is 8.90. The maximum Gasteiger partial charge on any atom is 0.490 e. The van der Waals surface area contributed by atoms with Gasteiger partial charge in [-0.25, -0.2) is 0 Å². The van der Waals surface area contributed by atoms with E-state index in [4.69, 9.17) is 0 Å². The number of aryl methyl sites for hydroxylation is 1. The van der Waals surface area contributed by atoms with Crippen LogP contribution in [0.25, 0.3) is 0 Å². The van der Waals surface area contributed by atoms with Gasteiger partial charge < -0.3 is 15.4 Å². The van der Waals surface area contributed by atoms with E-state index >= 15 is 0 Å². The van der Waals surface area contributed by atoms with E-state index in [-0.39, 0.29) is 18.5 Å². The van der Waals surface area contributed by atoms with Gasteiger partial charge in [0.2, 0.25) is 12.2 Å². The van der Waals surface area contributed by atoms with Crippen molar-refractivity contribution in [3.8, 4) is 0 Å². The normalized spacial score (nSPS) is 11.9. The summed E-state index contributed by atoms with van der Waals surface area (Å²) in [6, 6.07) is 11.7. The van der Waals surface area contributed by atoms with Crippen LogP contribution in [0, 0.1) is 10.1 Å². The maximum atomic E-state index is 12.4. The van der Waals surface area contributed by atoms with E-state index in [1.807, 2.05) is 41.8 Å². The lowest BCUT2D eigenvalue weighted by molar-refractivity contribution is -0.394. The fraction of sp³-hybridized carbons (Fsp3) is 0.235. The first kappa shape index (κ1) is 17.7. The molecule has 0 aliphatic carbocycles. The standard InChI is InChI=1S/C17H17N5O3S/c1-2-12-5-7-13(8-6-12)16(14-4-3-9-26-14)19-15(23)10-21-11-18-17(20-21)22(24)25/h3-9,11,16H,2,10H2,1H3,(H,19,23)/t16-/m1/s1. The minimum absolute atomic E-state index is 0.143. The zero-order valence-electron chi connectivity index (χ0n) is 14.0. The lowest BCUT2D eigenvalue weighted by atomic mass is 10.0. The monoisotopic (exact) mass is 371 g/mol. The van der Waals surface area contributed by atoms with Gasteiger partial charge in [0.15, 0.2) is 0 Å². The SMILES string of the molecule is CCc1ccc([C@@H](NC(=O)Cn2cnc([N+](=O)[O-])n2)c2cccs2)cc1.